The zero-order valence-corrected chi connectivity index (χ0v) is 9.45. The molecule has 2 nitrogen and oxygen atoms in total. The van der Waals surface area contributed by atoms with Crippen LogP contribution in [0.4, 0.5) is 13.2 Å². The van der Waals surface area contributed by atoms with E-state index in [4.69, 9.17) is 11.6 Å². The summed E-state index contributed by atoms with van der Waals surface area (Å²) in [7, 11) is 0. The topological polar surface area (TPSA) is 17.8 Å². The van der Waals surface area contributed by atoms with Crippen LogP contribution in [0, 0.1) is 0 Å². The summed E-state index contributed by atoms with van der Waals surface area (Å²) < 4.78 is 39.0. The second-order valence-electron chi connectivity index (χ2n) is 3.50. The molecule has 1 aromatic rings. The minimum atomic E-state index is -4.46. The monoisotopic (exact) mass is 240 g/mol. The number of alkyl halides is 3. The Balaban J connectivity index is 3.39. The molecule has 0 atom stereocenters. The number of aromatic nitrogens is 2. The minimum Gasteiger partial charge on any atom is -0.256 e. The Labute approximate surface area is 91.0 Å². The lowest BCUT2D eigenvalue weighted by Gasteiger charge is -2.13. The molecule has 0 saturated carbocycles. The fourth-order valence-electron chi connectivity index (χ4n) is 1.32. The van der Waals surface area contributed by atoms with Gasteiger partial charge in [0.05, 0.1) is 10.7 Å². The largest absolute Gasteiger partial charge is 0.434 e. The van der Waals surface area contributed by atoms with E-state index in [2.05, 4.69) is 5.10 Å². The molecule has 0 aliphatic rings. The molecule has 0 aliphatic carbocycles. The van der Waals surface area contributed by atoms with E-state index < -0.39 is 11.9 Å². The van der Waals surface area contributed by atoms with Crippen LogP contribution in [0.1, 0.15) is 38.2 Å². The van der Waals surface area contributed by atoms with Gasteiger partial charge in [0, 0.05) is 6.04 Å². The highest BCUT2D eigenvalue weighted by Gasteiger charge is 2.39. The summed E-state index contributed by atoms with van der Waals surface area (Å²) in [5, 5.41) is 3.58. The van der Waals surface area contributed by atoms with Crippen molar-refractivity contribution < 1.29 is 13.2 Å². The highest BCUT2D eigenvalue weighted by molar-refractivity contribution is 6.32. The van der Waals surface area contributed by atoms with Gasteiger partial charge in [-0.1, -0.05) is 18.5 Å². The summed E-state index contributed by atoms with van der Waals surface area (Å²) in [5.41, 5.74) is -0.561. The quantitative estimate of drug-likeness (QED) is 0.771. The van der Waals surface area contributed by atoms with Gasteiger partial charge in [-0.15, -0.1) is 0 Å². The summed E-state index contributed by atoms with van der Waals surface area (Å²) in [6.45, 7) is 5.00. The normalized spacial score (nSPS) is 12.5. The van der Waals surface area contributed by atoms with Crippen LogP contribution in [0.25, 0.3) is 0 Å². The molecule has 1 aromatic heterocycles. The highest BCUT2D eigenvalue weighted by Crippen LogP contribution is 2.37. The molecular formula is C9H12ClF3N2. The molecule has 0 N–H and O–H groups in total. The van der Waals surface area contributed by atoms with Gasteiger partial charge in [0.25, 0.3) is 0 Å². The van der Waals surface area contributed by atoms with Gasteiger partial charge in [-0.05, 0) is 20.3 Å². The van der Waals surface area contributed by atoms with Crippen molar-refractivity contribution in [3.63, 3.8) is 0 Å². The fourth-order valence-corrected chi connectivity index (χ4v) is 1.68. The first-order chi connectivity index (χ1) is 6.79. The molecule has 0 bridgehead atoms. The molecule has 0 fully saturated rings. The molecule has 86 valence electrons. The smallest absolute Gasteiger partial charge is 0.256 e. The van der Waals surface area contributed by atoms with Crippen molar-refractivity contribution in [1.82, 2.24) is 9.78 Å². The molecule has 0 spiro atoms. The lowest BCUT2D eigenvalue weighted by molar-refractivity contribution is -0.144. The summed E-state index contributed by atoms with van der Waals surface area (Å²) in [6, 6.07) is -0.362. The van der Waals surface area contributed by atoms with Crippen LogP contribution in [-0.4, -0.2) is 9.78 Å². The Morgan fingerprint density at radius 3 is 2.20 bits per heavy atom. The number of hydrogen-bond acceptors (Lipinski definition) is 1. The molecule has 1 heterocycles. The maximum atomic E-state index is 12.7. The molecule has 0 saturated heterocycles. The van der Waals surface area contributed by atoms with Crippen LogP contribution in [0.15, 0.2) is 0 Å². The summed E-state index contributed by atoms with van der Waals surface area (Å²) in [5.74, 6) is 0. The van der Waals surface area contributed by atoms with E-state index in [0.29, 0.717) is 6.42 Å². The SMILES string of the molecule is CCc1nn(C(C)C)c(C(F)(F)F)c1Cl. The second kappa shape index (κ2) is 4.04. The standard InChI is InChI=1S/C9H12ClF3N2/c1-4-6-7(10)8(9(11,12)13)15(14-6)5(2)3/h5H,4H2,1-3H3. The Kier molecular flexibility index (Phi) is 3.33. The molecule has 0 aromatic carbocycles. The third-order valence-electron chi connectivity index (χ3n) is 2.01. The van der Waals surface area contributed by atoms with Gasteiger partial charge in [0.1, 0.15) is 0 Å². The van der Waals surface area contributed by atoms with Crippen LogP contribution in [0.5, 0.6) is 0 Å². The minimum absolute atomic E-state index is 0.279. The Hall–Kier alpha value is -0.710. The predicted molar refractivity (Wildman–Crippen MR) is 52.0 cm³/mol. The predicted octanol–water partition coefficient (Wildman–Crippen LogP) is 3.70. The van der Waals surface area contributed by atoms with Crippen molar-refractivity contribution in [2.24, 2.45) is 0 Å². The van der Waals surface area contributed by atoms with Gasteiger partial charge in [0.2, 0.25) is 0 Å². The number of halogens is 4. The Morgan fingerprint density at radius 2 is 1.93 bits per heavy atom. The molecular weight excluding hydrogens is 229 g/mol. The first-order valence-corrected chi connectivity index (χ1v) is 5.00. The van der Waals surface area contributed by atoms with E-state index >= 15 is 0 Å². The number of rotatable bonds is 2. The molecule has 0 aliphatic heterocycles. The fraction of sp³-hybridized carbons (Fsp3) is 0.667. The lowest BCUT2D eigenvalue weighted by Crippen LogP contribution is -2.16. The molecule has 6 heteroatoms. The summed E-state index contributed by atoms with van der Waals surface area (Å²) in [4.78, 5) is 0. The average Bonchev–Trinajstić information content (AvgIpc) is 2.41. The van der Waals surface area contributed by atoms with Crippen molar-refractivity contribution in [3.05, 3.63) is 16.4 Å². The van der Waals surface area contributed by atoms with E-state index in [9.17, 15) is 13.2 Å². The van der Waals surface area contributed by atoms with E-state index in [1.54, 1.807) is 20.8 Å². The number of hydrogen-bond donors (Lipinski definition) is 0. The first kappa shape index (κ1) is 12.4. The van der Waals surface area contributed by atoms with Crippen molar-refractivity contribution in [2.75, 3.05) is 0 Å². The first-order valence-electron chi connectivity index (χ1n) is 4.63. The molecule has 0 unspecified atom stereocenters. The van der Waals surface area contributed by atoms with Crippen LogP contribution in [0.2, 0.25) is 5.02 Å². The third kappa shape index (κ3) is 2.27. The van der Waals surface area contributed by atoms with Crippen LogP contribution < -0.4 is 0 Å². The van der Waals surface area contributed by atoms with Gasteiger partial charge in [-0.25, -0.2) is 0 Å². The van der Waals surface area contributed by atoms with Gasteiger partial charge in [-0.2, -0.15) is 18.3 Å². The van der Waals surface area contributed by atoms with E-state index in [0.717, 1.165) is 4.68 Å². The van der Waals surface area contributed by atoms with Crippen LogP contribution >= 0.6 is 11.6 Å². The highest BCUT2D eigenvalue weighted by atomic mass is 35.5. The maximum Gasteiger partial charge on any atom is 0.434 e. The maximum absolute atomic E-state index is 12.7. The Bertz CT molecular complexity index is 355. The zero-order chi connectivity index (χ0) is 11.8. The van der Waals surface area contributed by atoms with Crippen molar-refractivity contribution >= 4 is 11.6 Å². The molecule has 1 rings (SSSR count). The van der Waals surface area contributed by atoms with E-state index in [-0.39, 0.29) is 16.8 Å². The average molecular weight is 241 g/mol. The number of nitrogens with zero attached hydrogens (tertiary/aromatic N) is 2. The van der Waals surface area contributed by atoms with Gasteiger partial charge >= 0.3 is 6.18 Å². The van der Waals surface area contributed by atoms with Gasteiger partial charge in [-0.3, -0.25) is 4.68 Å². The molecule has 0 amide bonds. The van der Waals surface area contributed by atoms with E-state index in [1.165, 1.54) is 0 Å². The zero-order valence-electron chi connectivity index (χ0n) is 8.69. The van der Waals surface area contributed by atoms with Gasteiger partial charge < -0.3 is 0 Å². The lowest BCUT2D eigenvalue weighted by atomic mass is 10.3. The van der Waals surface area contributed by atoms with Crippen molar-refractivity contribution in [1.29, 1.82) is 0 Å². The van der Waals surface area contributed by atoms with E-state index in [1.807, 2.05) is 0 Å². The summed E-state index contributed by atoms with van der Waals surface area (Å²) >= 11 is 5.66. The molecule has 0 radical (unpaired) electrons. The Morgan fingerprint density at radius 1 is 1.40 bits per heavy atom. The second-order valence-corrected chi connectivity index (χ2v) is 3.88. The number of aryl methyl sites for hydroxylation is 1. The summed E-state index contributed by atoms with van der Waals surface area (Å²) in [6.07, 6.45) is -4.07. The van der Waals surface area contributed by atoms with Crippen molar-refractivity contribution in [2.45, 2.75) is 39.4 Å². The van der Waals surface area contributed by atoms with Crippen LogP contribution in [0.3, 0.4) is 0 Å². The van der Waals surface area contributed by atoms with Gasteiger partial charge in [0.15, 0.2) is 5.69 Å². The molecule has 15 heavy (non-hydrogen) atoms. The van der Waals surface area contributed by atoms with Crippen LogP contribution in [-0.2, 0) is 12.6 Å². The third-order valence-corrected chi connectivity index (χ3v) is 2.41. The van der Waals surface area contributed by atoms with Crippen molar-refractivity contribution in [3.8, 4) is 0 Å².